The molecule has 4 N–H and O–H groups in total. The minimum atomic E-state index is 0.151. The van der Waals surface area contributed by atoms with E-state index in [1.165, 1.54) is 6.34 Å². The SMILES string of the molecule is N/N=C\N(N)c1ncc(C2CO2)cn1. The highest BCUT2D eigenvalue weighted by molar-refractivity contribution is 5.73. The van der Waals surface area contributed by atoms with E-state index in [1.807, 2.05) is 0 Å². The molecule has 2 heterocycles. The van der Waals surface area contributed by atoms with E-state index in [4.69, 9.17) is 16.4 Å². The van der Waals surface area contributed by atoms with Gasteiger partial charge in [-0.2, -0.15) is 5.10 Å². The van der Waals surface area contributed by atoms with Crippen LogP contribution in [0.4, 0.5) is 5.95 Å². The van der Waals surface area contributed by atoms with Crippen molar-refractivity contribution in [2.24, 2.45) is 16.8 Å². The van der Waals surface area contributed by atoms with Crippen molar-refractivity contribution in [3.05, 3.63) is 18.0 Å². The van der Waals surface area contributed by atoms with Crippen molar-refractivity contribution in [2.45, 2.75) is 6.10 Å². The molecular formula is C7H10N6O. The Bertz CT molecular complexity index is 333. The monoisotopic (exact) mass is 194 g/mol. The Balaban J connectivity index is 2.12. The van der Waals surface area contributed by atoms with Crippen molar-refractivity contribution in [3.8, 4) is 0 Å². The number of nitrogens with two attached hydrogens (primary N) is 2. The van der Waals surface area contributed by atoms with Gasteiger partial charge in [0.15, 0.2) is 0 Å². The van der Waals surface area contributed by atoms with Crippen molar-refractivity contribution < 1.29 is 4.74 Å². The molecular weight excluding hydrogens is 184 g/mol. The summed E-state index contributed by atoms with van der Waals surface area (Å²) in [5, 5.41) is 4.39. The summed E-state index contributed by atoms with van der Waals surface area (Å²) >= 11 is 0. The Kier molecular flexibility index (Phi) is 2.25. The van der Waals surface area contributed by atoms with E-state index in [0.717, 1.165) is 17.2 Å². The van der Waals surface area contributed by atoms with Crippen LogP contribution in [-0.4, -0.2) is 22.9 Å². The molecule has 1 atom stereocenters. The molecule has 0 saturated carbocycles. The molecule has 0 aromatic carbocycles. The Morgan fingerprint density at radius 1 is 1.57 bits per heavy atom. The summed E-state index contributed by atoms with van der Waals surface area (Å²) in [6, 6.07) is 0. The zero-order valence-corrected chi connectivity index (χ0v) is 7.37. The van der Waals surface area contributed by atoms with Crippen LogP contribution in [0.15, 0.2) is 17.5 Å². The van der Waals surface area contributed by atoms with Gasteiger partial charge >= 0.3 is 0 Å². The molecule has 0 radical (unpaired) electrons. The zero-order chi connectivity index (χ0) is 9.97. The van der Waals surface area contributed by atoms with Gasteiger partial charge in [-0.1, -0.05) is 0 Å². The van der Waals surface area contributed by atoms with Crippen LogP contribution in [0.3, 0.4) is 0 Å². The van der Waals surface area contributed by atoms with E-state index < -0.39 is 0 Å². The lowest BCUT2D eigenvalue weighted by atomic mass is 10.3. The predicted octanol–water partition coefficient (Wildman–Crippen LogP) is -0.870. The van der Waals surface area contributed by atoms with Gasteiger partial charge in [0.05, 0.1) is 6.61 Å². The molecule has 0 amide bonds. The first-order chi connectivity index (χ1) is 6.81. The number of hydrazone groups is 1. The van der Waals surface area contributed by atoms with Crippen LogP contribution in [0.25, 0.3) is 0 Å². The lowest BCUT2D eigenvalue weighted by molar-refractivity contribution is 0.414. The molecule has 1 aliphatic heterocycles. The molecule has 7 nitrogen and oxygen atoms in total. The fourth-order valence-corrected chi connectivity index (χ4v) is 0.995. The standard InChI is InChI=1S/C7H10N6O/c8-12-4-13(9)7-10-1-5(2-11-7)6-3-14-6/h1-2,4,6H,3,8-9H2/b12-4-. The first-order valence-electron chi connectivity index (χ1n) is 4.02. The van der Waals surface area contributed by atoms with Crippen molar-refractivity contribution in [1.82, 2.24) is 9.97 Å². The Labute approximate surface area is 80.3 Å². The molecule has 1 aliphatic rings. The third kappa shape index (κ3) is 1.78. The minimum absolute atomic E-state index is 0.151. The van der Waals surface area contributed by atoms with Crippen LogP contribution in [0.5, 0.6) is 0 Å². The van der Waals surface area contributed by atoms with Crippen LogP contribution in [0.1, 0.15) is 11.7 Å². The Morgan fingerprint density at radius 3 is 2.71 bits per heavy atom. The van der Waals surface area contributed by atoms with E-state index in [9.17, 15) is 0 Å². The van der Waals surface area contributed by atoms with Crippen LogP contribution >= 0.6 is 0 Å². The second-order valence-corrected chi connectivity index (χ2v) is 2.81. The summed E-state index contributed by atoms with van der Waals surface area (Å²) < 4.78 is 5.07. The number of rotatable bonds is 3. The maximum absolute atomic E-state index is 5.50. The van der Waals surface area contributed by atoms with Crippen LogP contribution in [0.2, 0.25) is 0 Å². The molecule has 1 aromatic heterocycles. The van der Waals surface area contributed by atoms with Crippen LogP contribution in [0, 0.1) is 0 Å². The summed E-state index contributed by atoms with van der Waals surface area (Å²) in [7, 11) is 0. The number of hydrogen-bond donors (Lipinski definition) is 2. The molecule has 7 heteroatoms. The van der Waals surface area contributed by atoms with Gasteiger partial charge in [-0.3, -0.25) is 0 Å². The molecule has 14 heavy (non-hydrogen) atoms. The van der Waals surface area contributed by atoms with E-state index in [-0.39, 0.29) is 6.10 Å². The molecule has 74 valence electrons. The molecule has 0 spiro atoms. The highest BCUT2D eigenvalue weighted by atomic mass is 16.6. The van der Waals surface area contributed by atoms with E-state index >= 15 is 0 Å². The first-order valence-corrected chi connectivity index (χ1v) is 4.02. The van der Waals surface area contributed by atoms with E-state index in [2.05, 4.69) is 15.1 Å². The quantitative estimate of drug-likeness (QED) is 0.213. The minimum Gasteiger partial charge on any atom is -0.368 e. The van der Waals surface area contributed by atoms with Crippen molar-refractivity contribution in [3.63, 3.8) is 0 Å². The van der Waals surface area contributed by atoms with Gasteiger partial charge in [-0.15, -0.1) is 0 Å². The lowest BCUT2D eigenvalue weighted by Gasteiger charge is -2.08. The summed E-state index contributed by atoms with van der Waals surface area (Å²) in [6.45, 7) is 0.735. The first kappa shape index (κ1) is 8.85. The number of aromatic nitrogens is 2. The number of nitrogens with zero attached hydrogens (tertiary/aromatic N) is 4. The average Bonchev–Trinajstić information content (AvgIpc) is 3.02. The van der Waals surface area contributed by atoms with E-state index in [1.54, 1.807) is 12.4 Å². The van der Waals surface area contributed by atoms with Crippen molar-refractivity contribution in [2.75, 3.05) is 11.6 Å². The molecule has 1 fully saturated rings. The number of epoxide rings is 1. The maximum atomic E-state index is 5.50. The predicted molar refractivity (Wildman–Crippen MR) is 50.1 cm³/mol. The van der Waals surface area contributed by atoms with Crippen LogP contribution < -0.4 is 16.7 Å². The summed E-state index contributed by atoms with van der Waals surface area (Å²) in [6.07, 6.45) is 4.72. The molecule has 1 unspecified atom stereocenters. The van der Waals surface area contributed by atoms with Gasteiger partial charge in [0.25, 0.3) is 0 Å². The number of ether oxygens (including phenoxy) is 1. The average molecular weight is 194 g/mol. The van der Waals surface area contributed by atoms with Gasteiger partial charge < -0.3 is 10.6 Å². The number of hydrogen-bond acceptors (Lipinski definition) is 6. The van der Waals surface area contributed by atoms with Gasteiger partial charge in [0.2, 0.25) is 5.95 Å². The molecule has 0 aliphatic carbocycles. The summed E-state index contributed by atoms with van der Waals surface area (Å²) in [4.78, 5) is 8.04. The van der Waals surface area contributed by atoms with Gasteiger partial charge in [-0.25, -0.2) is 20.8 Å². The largest absolute Gasteiger partial charge is 0.368 e. The third-order valence-electron chi connectivity index (χ3n) is 1.79. The normalized spacial score (nSPS) is 19.9. The van der Waals surface area contributed by atoms with Gasteiger partial charge in [0, 0.05) is 18.0 Å². The second kappa shape index (κ2) is 3.56. The van der Waals surface area contributed by atoms with Crippen molar-refractivity contribution in [1.29, 1.82) is 0 Å². The molecule has 1 aromatic rings. The lowest BCUT2D eigenvalue weighted by Crippen LogP contribution is -2.31. The van der Waals surface area contributed by atoms with Crippen molar-refractivity contribution >= 4 is 12.3 Å². The summed E-state index contributed by atoms with van der Waals surface area (Å²) in [5.74, 6) is 10.8. The molecule has 0 bridgehead atoms. The third-order valence-corrected chi connectivity index (χ3v) is 1.79. The maximum Gasteiger partial charge on any atom is 0.245 e. The Hall–Kier alpha value is -1.73. The summed E-state index contributed by atoms with van der Waals surface area (Å²) in [5.41, 5.74) is 0.951. The fourth-order valence-electron chi connectivity index (χ4n) is 0.995. The fraction of sp³-hybridized carbons (Fsp3) is 0.286. The molecule has 2 rings (SSSR count). The smallest absolute Gasteiger partial charge is 0.245 e. The highest BCUT2D eigenvalue weighted by Crippen LogP contribution is 2.28. The van der Waals surface area contributed by atoms with Gasteiger partial charge in [0.1, 0.15) is 12.4 Å². The topological polar surface area (TPSA) is 106 Å². The van der Waals surface area contributed by atoms with Gasteiger partial charge in [-0.05, 0) is 0 Å². The van der Waals surface area contributed by atoms with E-state index in [0.29, 0.717) is 5.95 Å². The second-order valence-electron chi connectivity index (χ2n) is 2.81. The number of anilines is 1. The zero-order valence-electron chi connectivity index (χ0n) is 7.37. The Morgan fingerprint density at radius 2 is 2.21 bits per heavy atom. The highest BCUT2D eigenvalue weighted by Gasteiger charge is 2.25. The van der Waals surface area contributed by atoms with Crippen LogP contribution in [-0.2, 0) is 4.74 Å². The molecule has 1 saturated heterocycles. The number of hydrazine groups is 1.